The van der Waals surface area contributed by atoms with Gasteiger partial charge in [0.15, 0.2) is 0 Å². The number of nitrogens with one attached hydrogen (secondary N) is 2. The van der Waals surface area contributed by atoms with Crippen molar-refractivity contribution in [3.63, 3.8) is 0 Å². The summed E-state index contributed by atoms with van der Waals surface area (Å²) in [4.78, 5) is 27.1. The van der Waals surface area contributed by atoms with Gasteiger partial charge < -0.3 is 15.1 Å². The van der Waals surface area contributed by atoms with Crippen molar-refractivity contribution >= 4 is 17.3 Å². The highest BCUT2D eigenvalue weighted by Gasteiger charge is 2.27. The van der Waals surface area contributed by atoms with Crippen LogP contribution in [0.25, 0.3) is 0 Å². The number of anilines is 1. The third-order valence-electron chi connectivity index (χ3n) is 6.23. The lowest BCUT2D eigenvalue weighted by atomic mass is 9.95. The van der Waals surface area contributed by atoms with E-state index in [0.29, 0.717) is 38.2 Å². The minimum Gasteiger partial charge on any atom is -0.366 e. The van der Waals surface area contributed by atoms with Crippen molar-refractivity contribution in [2.45, 2.75) is 39.8 Å². The molecule has 31 heavy (non-hydrogen) atoms. The van der Waals surface area contributed by atoms with E-state index in [-0.39, 0.29) is 22.4 Å². The number of amides is 1. The number of nitro groups is 1. The zero-order chi connectivity index (χ0) is 22.2. The smallest absolute Gasteiger partial charge is 0.292 e. The maximum Gasteiger partial charge on any atom is 0.292 e. The number of rotatable bonds is 9. The van der Waals surface area contributed by atoms with Crippen LogP contribution in [0.4, 0.5) is 11.4 Å². The summed E-state index contributed by atoms with van der Waals surface area (Å²) < 4.78 is 0. The summed E-state index contributed by atoms with van der Waals surface area (Å²) >= 11 is 0. The summed E-state index contributed by atoms with van der Waals surface area (Å²) in [5.41, 5.74) is 3.18. The van der Waals surface area contributed by atoms with Crippen LogP contribution in [0, 0.1) is 16.0 Å². The lowest BCUT2D eigenvalue weighted by molar-refractivity contribution is -0.910. The van der Waals surface area contributed by atoms with Gasteiger partial charge in [-0.05, 0) is 38.3 Å². The zero-order valence-electron chi connectivity index (χ0n) is 18.5. The zero-order valence-corrected chi connectivity index (χ0v) is 18.5. The maximum absolute atomic E-state index is 12.6. The van der Waals surface area contributed by atoms with Crippen molar-refractivity contribution in [3.05, 3.63) is 69.8 Å². The topological polar surface area (TPSA) is 79.9 Å². The Morgan fingerprint density at radius 3 is 2.29 bits per heavy atom. The van der Waals surface area contributed by atoms with Gasteiger partial charge in [-0.2, -0.15) is 0 Å². The van der Waals surface area contributed by atoms with Crippen LogP contribution in [-0.2, 0) is 17.9 Å². The second-order valence-corrected chi connectivity index (χ2v) is 8.18. The fourth-order valence-electron chi connectivity index (χ4n) is 4.17. The highest BCUT2D eigenvalue weighted by atomic mass is 16.6. The van der Waals surface area contributed by atoms with E-state index in [1.807, 2.05) is 11.0 Å². The van der Waals surface area contributed by atoms with Gasteiger partial charge in [0.25, 0.3) is 5.69 Å². The van der Waals surface area contributed by atoms with E-state index in [2.05, 4.69) is 43.4 Å². The molecule has 2 aromatic rings. The van der Waals surface area contributed by atoms with Crippen molar-refractivity contribution in [3.8, 4) is 0 Å². The molecule has 1 aliphatic heterocycles. The SMILES string of the molecule is CC[NH+](CC)Cc1ccc(CNC(=O)C2CCN(c3ccccc3[N+](=O)[O-])CC2)cc1. The highest BCUT2D eigenvalue weighted by molar-refractivity contribution is 5.79. The number of carbonyl (C=O) groups excluding carboxylic acids is 1. The summed E-state index contributed by atoms with van der Waals surface area (Å²) in [5, 5.41) is 14.3. The summed E-state index contributed by atoms with van der Waals surface area (Å²) in [7, 11) is 0. The molecule has 3 rings (SSSR count). The maximum atomic E-state index is 12.6. The molecule has 0 radical (unpaired) electrons. The Hall–Kier alpha value is -2.93. The van der Waals surface area contributed by atoms with Gasteiger partial charge in [0, 0.05) is 37.2 Å². The number of piperidine rings is 1. The fourth-order valence-corrected chi connectivity index (χ4v) is 4.17. The first-order valence-corrected chi connectivity index (χ1v) is 11.2. The van der Waals surface area contributed by atoms with Crippen molar-refractivity contribution < 1.29 is 14.6 Å². The van der Waals surface area contributed by atoms with E-state index in [4.69, 9.17) is 0 Å². The Morgan fingerprint density at radius 2 is 1.68 bits per heavy atom. The second-order valence-electron chi connectivity index (χ2n) is 8.18. The molecule has 2 N–H and O–H groups in total. The Bertz CT molecular complexity index is 873. The highest BCUT2D eigenvalue weighted by Crippen LogP contribution is 2.31. The van der Waals surface area contributed by atoms with E-state index in [9.17, 15) is 14.9 Å². The number of quaternary nitrogens is 1. The van der Waals surface area contributed by atoms with Gasteiger partial charge in [0.05, 0.1) is 18.0 Å². The summed E-state index contributed by atoms with van der Waals surface area (Å²) in [6.45, 7) is 9.48. The third-order valence-corrected chi connectivity index (χ3v) is 6.23. The van der Waals surface area contributed by atoms with E-state index in [1.165, 1.54) is 11.6 Å². The molecular weight excluding hydrogens is 392 g/mol. The molecule has 1 fully saturated rings. The standard InChI is InChI=1S/C24H32N4O3/c1-3-26(4-2)18-20-11-9-19(10-12-20)17-25-24(29)21-13-15-27(16-14-21)22-7-5-6-8-23(22)28(30)31/h5-12,21H,3-4,13-18H2,1-2H3,(H,25,29)/p+1. The number of carbonyl (C=O) groups is 1. The van der Waals surface area contributed by atoms with Gasteiger partial charge in [0.2, 0.25) is 5.91 Å². The van der Waals surface area contributed by atoms with Crippen molar-refractivity contribution in [2.24, 2.45) is 5.92 Å². The van der Waals surface area contributed by atoms with Crippen LogP contribution in [0.15, 0.2) is 48.5 Å². The quantitative estimate of drug-likeness (QED) is 0.478. The Morgan fingerprint density at radius 1 is 1.06 bits per heavy atom. The van der Waals surface area contributed by atoms with Crippen LogP contribution < -0.4 is 15.1 Å². The molecule has 1 aliphatic rings. The number of hydrogen-bond acceptors (Lipinski definition) is 4. The van der Waals surface area contributed by atoms with Crippen molar-refractivity contribution in [1.82, 2.24) is 5.32 Å². The lowest BCUT2D eigenvalue weighted by Crippen LogP contribution is -3.10. The normalized spacial score (nSPS) is 14.6. The van der Waals surface area contributed by atoms with E-state index >= 15 is 0 Å². The van der Waals surface area contributed by atoms with Gasteiger partial charge in [-0.25, -0.2) is 0 Å². The number of benzene rings is 2. The molecule has 0 spiro atoms. The van der Waals surface area contributed by atoms with Crippen LogP contribution >= 0.6 is 0 Å². The average molecular weight is 426 g/mol. The molecule has 0 aromatic heterocycles. The van der Waals surface area contributed by atoms with Crippen LogP contribution in [0.5, 0.6) is 0 Å². The number of nitrogens with zero attached hydrogens (tertiary/aromatic N) is 2. The molecule has 0 unspecified atom stereocenters. The molecule has 0 saturated carbocycles. The summed E-state index contributed by atoms with van der Waals surface area (Å²) in [6, 6.07) is 15.3. The molecule has 0 aliphatic carbocycles. The van der Waals surface area contributed by atoms with Gasteiger partial charge in [-0.15, -0.1) is 0 Å². The van der Waals surface area contributed by atoms with Crippen LogP contribution in [-0.4, -0.2) is 37.0 Å². The molecule has 166 valence electrons. The van der Waals surface area contributed by atoms with Gasteiger partial charge in [0.1, 0.15) is 12.2 Å². The molecule has 1 heterocycles. The van der Waals surface area contributed by atoms with E-state index in [0.717, 1.165) is 25.2 Å². The van der Waals surface area contributed by atoms with Crippen molar-refractivity contribution in [1.29, 1.82) is 0 Å². The predicted molar refractivity (Wildman–Crippen MR) is 122 cm³/mol. The first kappa shape index (κ1) is 22.7. The number of hydrogen-bond donors (Lipinski definition) is 2. The van der Waals surface area contributed by atoms with Gasteiger partial charge in [-0.1, -0.05) is 36.4 Å². The molecule has 1 amide bonds. The molecule has 2 aromatic carbocycles. The molecule has 7 nitrogen and oxygen atoms in total. The van der Waals surface area contributed by atoms with Gasteiger partial charge >= 0.3 is 0 Å². The summed E-state index contributed by atoms with van der Waals surface area (Å²) in [5.74, 6) is 0.0171. The number of para-hydroxylation sites is 2. The average Bonchev–Trinajstić information content (AvgIpc) is 2.81. The Balaban J connectivity index is 1.48. The molecule has 1 saturated heterocycles. The minimum atomic E-state index is -0.344. The lowest BCUT2D eigenvalue weighted by Gasteiger charge is -2.32. The monoisotopic (exact) mass is 425 g/mol. The number of nitro benzene ring substituents is 1. The molecular formula is C24H33N4O3+. The first-order valence-electron chi connectivity index (χ1n) is 11.2. The second kappa shape index (κ2) is 10.9. The van der Waals surface area contributed by atoms with Crippen LogP contribution in [0.2, 0.25) is 0 Å². The summed E-state index contributed by atoms with van der Waals surface area (Å²) in [6.07, 6.45) is 1.40. The Labute approximate surface area is 184 Å². The van der Waals surface area contributed by atoms with Crippen molar-refractivity contribution in [2.75, 3.05) is 31.1 Å². The third kappa shape index (κ3) is 6.04. The van der Waals surface area contributed by atoms with E-state index < -0.39 is 0 Å². The fraction of sp³-hybridized carbons (Fsp3) is 0.458. The van der Waals surface area contributed by atoms with Crippen LogP contribution in [0.3, 0.4) is 0 Å². The first-order chi connectivity index (χ1) is 15.0. The Kier molecular flexibility index (Phi) is 8.00. The van der Waals surface area contributed by atoms with E-state index in [1.54, 1.807) is 17.0 Å². The van der Waals surface area contributed by atoms with Gasteiger partial charge in [-0.3, -0.25) is 14.9 Å². The molecule has 0 bridgehead atoms. The minimum absolute atomic E-state index is 0.0513. The molecule has 7 heteroatoms. The van der Waals surface area contributed by atoms with Crippen LogP contribution in [0.1, 0.15) is 37.8 Å². The largest absolute Gasteiger partial charge is 0.366 e. The molecule has 0 atom stereocenters. The predicted octanol–water partition coefficient (Wildman–Crippen LogP) is 2.55.